The van der Waals surface area contributed by atoms with Crippen molar-refractivity contribution >= 4 is 12.1 Å². The Bertz CT molecular complexity index is 421. The van der Waals surface area contributed by atoms with E-state index in [2.05, 4.69) is 47.7 Å². The van der Waals surface area contributed by atoms with Crippen molar-refractivity contribution in [2.75, 3.05) is 52.4 Å². The van der Waals surface area contributed by atoms with Gasteiger partial charge in [0.25, 0.3) is 0 Å². The fourth-order valence-corrected chi connectivity index (χ4v) is 3.07. The van der Waals surface area contributed by atoms with Crippen molar-refractivity contribution in [1.82, 2.24) is 19.6 Å². The van der Waals surface area contributed by atoms with E-state index < -0.39 is 12.1 Å². The number of nitrogens with zero attached hydrogens (tertiary/aromatic N) is 6. The highest BCUT2D eigenvalue weighted by atomic mass is 16.2. The second kappa shape index (κ2) is 8.53. The zero-order chi connectivity index (χ0) is 17.7. The molecule has 2 aliphatic heterocycles. The second-order valence-electron chi connectivity index (χ2n) is 7.00. The molecule has 0 unspecified atom stereocenters. The number of urea groups is 2. The maximum absolute atomic E-state index is 12.1. The van der Waals surface area contributed by atoms with E-state index in [-0.39, 0.29) is 0 Å². The molecule has 24 heavy (non-hydrogen) atoms. The van der Waals surface area contributed by atoms with E-state index in [4.69, 9.17) is 0 Å². The normalized spacial score (nSPS) is 21.2. The zero-order valence-electron chi connectivity index (χ0n) is 15.3. The van der Waals surface area contributed by atoms with Crippen molar-refractivity contribution in [3.8, 4) is 0 Å². The van der Waals surface area contributed by atoms with Gasteiger partial charge >= 0.3 is 12.1 Å². The van der Waals surface area contributed by atoms with Gasteiger partial charge in [-0.15, -0.1) is 0 Å². The molecular formula is C16H30N6O2. The van der Waals surface area contributed by atoms with Gasteiger partial charge in [0.2, 0.25) is 0 Å². The van der Waals surface area contributed by atoms with Gasteiger partial charge < -0.3 is 9.80 Å². The van der Waals surface area contributed by atoms with Crippen LogP contribution in [0.15, 0.2) is 10.2 Å². The number of azo groups is 1. The van der Waals surface area contributed by atoms with E-state index in [9.17, 15) is 9.59 Å². The summed E-state index contributed by atoms with van der Waals surface area (Å²) < 4.78 is 0. The van der Waals surface area contributed by atoms with Crippen molar-refractivity contribution in [2.45, 2.75) is 39.8 Å². The number of carbonyl (C=O) groups is 2. The lowest BCUT2D eigenvalue weighted by Gasteiger charge is -2.36. The van der Waals surface area contributed by atoms with E-state index in [1.807, 2.05) is 0 Å². The molecule has 0 aromatic rings. The predicted molar refractivity (Wildman–Crippen MR) is 92.2 cm³/mol. The van der Waals surface area contributed by atoms with Crippen LogP contribution in [0, 0.1) is 0 Å². The Hall–Kier alpha value is -1.54. The Labute approximate surface area is 144 Å². The average molecular weight is 338 g/mol. The summed E-state index contributed by atoms with van der Waals surface area (Å²) in [7, 11) is 0. The summed E-state index contributed by atoms with van der Waals surface area (Å²) in [6.07, 6.45) is 0. The van der Waals surface area contributed by atoms with Gasteiger partial charge in [0.1, 0.15) is 0 Å². The van der Waals surface area contributed by atoms with Crippen molar-refractivity contribution < 1.29 is 9.59 Å². The van der Waals surface area contributed by atoms with Crippen LogP contribution in [-0.4, -0.2) is 96.1 Å². The lowest BCUT2D eigenvalue weighted by Crippen LogP contribution is -2.50. The first-order valence-corrected chi connectivity index (χ1v) is 8.86. The summed E-state index contributed by atoms with van der Waals surface area (Å²) in [6, 6.07) is 0.144. The second-order valence-corrected chi connectivity index (χ2v) is 7.00. The van der Waals surface area contributed by atoms with Crippen LogP contribution in [0.2, 0.25) is 0 Å². The summed E-state index contributed by atoms with van der Waals surface area (Å²) in [6.45, 7) is 14.5. The number of hydrogen-bond acceptors (Lipinski definition) is 4. The molecule has 0 atom stereocenters. The van der Waals surface area contributed by atoms with E-state index >= 15 is 0 Å². The molecule has 4 amide bonds. The maximum Gasteiger partial charge on any atom is 0.362 e. The van der Waals surface area contributed by atoms with Crippen LogP contribution in [-0.2, 0) is 0 Å². The van der Waals surface area contributed by atoms with E-state index in [1.165, 1.54) is 0 Å². The summed E-state index contributed by atoms with van der Waals surface area (Å²) in [5, 5.41) is 7.27. The number of piperazine rings is 2. The van der Waals surface area contributed by atoms with Gasteiger partial charge in [0.15, 0.2) is 0 Å². The fraction of sp³-hybridized carbons (Fsp3) is 0.875. The van der Waals surface area contributed by atoms with Gasteiger partial charge in [0, 0.05) is 64.4 Å². The Morgan fingerprint density at radius 1 is 0.625 bits per heavy atom. The molecule has 0 N–H and O–H groups in total. The first-order valence-electron chi connectivity index (χ1n) is 8.86. The highest BCUT2D eigenvalue weighted by Gasteiger charge is 2.24. The zero-order valence-corrected chi connectivity index (χ0v) is 15.3. The van der Waals surface area contributed by atoms with Crippen LogP contribution >= 0.6 is 0 Å². The van der Waals surface area contributed by atoms with E-state index in [0.717, 1.165) is 26.2 Å². The molecule has 136 valence electrons. The average Bonchev–Trinajstić information content (AvgIpc) is 2.59. The molecule has 0 bridgehead atoms. The Kier molecular flexibility index (Phi) is 6.68. The summed E-state index contributed by atoms with van der Waals surface area (Å²) in [4.78, 5) is 32.1. The molecule has 2 saturated heterocycles. The Morgan fingerprint density at radius 2 is 0.917 bits per heavy atom. The summed E-state index contributed by atoms with van der Waals surface area (Å²) in [5.74, 6) is 0. The predicted octanol–water partition coefficient (Wildman–Crippen LogP) is 1.73. The van der Waals surface area contributed by atoms with Crippen LogP contribution in [0.3, 0.4) is 0 Å². The quantitative estimate of drug-likeness (QED) is 0.719. The standard InChI is InChI=1S/C16H30N6O2/c1-13(2)19-5-9-21(10-6-19)15(23)17-18-16(24)22-11-7-20(8-12-22)14(3)4/h13-14H,5-12H2,1-4H3/b18-17+. The van der Waals surface area contributed by atoms with Gasteiger partial charge in [-0.1, -0.05) is 10.2 Å². The number of amides is 4. The molecule has 2 aliphatic rings. The van der Waals surface area contributed by atoms with Crippen LogP contribution in [0.25, 0.3) is 0 Å². The van der Waals surface area contributed by atoms with E-state index in [1.54, 1.807) is 9.80 Å². The highest BCUT2D eigenvalue weighted by molar-refractivity contribution is 5.79. The molecule has 8 nitrogen and oxygen atoms in total. The third-order valence-electron chi connectivity index (χ3n) is 4.85. The highest BCUT2D eigenvalue weighted by Crippen LogP contribution is 2.09. The molecule has 0 aliphatic carbocycles. The molecule has 2 fully saturated rings. The smallest absolute Gasteiger partial charge is 0.319 e. The SMILES string of the molecule is CC(C)N1CCN(C(=O)/N=N/C(=O)N2CCN(C(C)C)CC2)CC1. The number of rotatable bonds is 2. The third-order valence-corrected chi connectivity index (χ3v) is 4.85. The molecule has 0 aromatic carbocycles. The van der Waals surface area contributed by atoms with Gasteiger partial charge in [-0.2, -0.15) is 0 Å². The van der Waals surface area contributed by atoms with Crippen LogP contribution in [0.1, 0.15) is 27.7 Å². The fourth-order valence-electron chi connectivity index (χ4n) is 3.07. The summed E-state index contributed by atoms with van der Waals surface area (Å²) in [5.41, 5.74) is 0. The molecule has 0 radical (unpaired) electrons. The lowest BCUT2D eigenvalue weighted by molar-refractivity contribution is 0.119. The third kappa shape index (κ3) is 4.98. The minimum atomic E-state index is -0.410. The van der Waals surface area contributed by atoms with E-state index in [0.29, 0.717) is 38.3 Å². The number of hydrogen-bond donors (Lipinski definition) is 0. The molecular weight excluding hydrogens is 308 g/mol. The molecule has 0 spiro atoms. The minimum Gasteiger partial charge on any atom is -0.319 e. The topological polar surface area (TPSA) is 71.8 Å². The summed E-state index contributed by atoms with van der Waals surface area (Å²) >= 11 is 0. The van der Waals surface area contributed by atoms with Crippen LogP contribution in [0.5, 0.6) is 0 Å². The molecule has 2 heterocycles. The van der Waals surface area contributed by atoms with Crippen molar-refractivity contribution in [2.24, 2.45) is 10.2 Å². The first-order chi connectivity index (χ1) is 11.4. The molecule has 2 rings (SSSR count). The molecule has 8 heteroatoms. The van der Waals surface area contributed by atoms with Gasteiger partial charge in [-0.3, -0.25) is 9.80 Å². The van der Waals surface area contributed by atoms with Crippen LogP contribution < -0.4 is 0 Å². The molecule has 0 aromatic heterocycles. The van der Waals surface area contributed by atoms with Gasteiger partial charge in [0.05, 0.1) is 0 Å². The Balaban J connectivity index is 1.77. The largest absolute Gasteiger partial charge is 0.362 e. The maximum atomic E-state index is 12.1. The lowest BCUT2D eigenvalue weighted by atomic mass is 10.2. The van der Waals surface area contributed by atoms with Crippen molar-refractivity contribution in [3.63, 3.8) is 0 Å². The van der Waals surface area contributed by atoms with Gasteiger partial charge in [-0.05, 0) is 27.7 Å². The minimum absolute atomic E-state index is 0.410. The first kappa shape index (κ1) is 18.8. The molecule has 0 saturated carbocycles. The van der Waals surface area contributed by atoms with Crippen molar-refractivity contribution in [3.05, 3.63) is 0 Å². The van der Waals surface area contributed by atoms with Crippen LogP contribution in [0.4, 0.5) is 9.59 Å². The van der Waals surface area contributed by atoms with Crippen molar-refractivity contribution in [1.29, 1.82) is 0 Å². The van der Waals surface area contributed by atoms with Gasteiger partial charge in [-0.25, -0.2) is 9.59 Å². The monoisotopic (exact) mass is 338 g/mol. The Morgan fingerprint density at radius 3 is 1.17 bits per heavy atom. The number of carbonyl (C=O) groups excluding carboxylic acids is 2.